The number of anilines is 1. The highest BCUT2D eigenvalue weighted by atomic mass is 79.9. The van der Waals surface area contributed by atoms with Crippen molar-refractivity contribution in [2.45, 2.75) is 11.4 Å². The molecule has 0 spiro atoms. The maximum absolute atomic E-state index is 12.3. The summed E-state index contributed by atoms with van der Waals surface area (Å²) in [6.07, 6.45) is 1.66. The molecule has 0 radical (unpaired) electrons. The second-order valence-corrected chi connectivity index (χ2v) is 7.26. The molecule has 0 aliphatic carbocycles. The van der Waals surface area contributed by atoms with E-state index in [0.29, 0.717) is 4.47 Å². The van der Waals surface area contributed by atoms with E-state index in [2.05, 4.69) is 25.6 Å². The fraction of sp³-hybridized carbons (Fsp3) is 0.214. The Hall–Kier alpha value is -1.44. The quantitative estimate of drug-likeness (QED) is 0.878. The van der Waals surface area contributed by atoms with E-state index in [4.69, 9.17) is 0 Å². The van der Waals surface area contributed by atoms with Gasteiger partial charge in [-0.2, -0.15) is 0 Å². The van der Waals surface area contributed by atoms with E-state index >= 15 is 0 Å². The summed E-state index contributed by atoms with van der Waals surface area (Å²) in [5.41, 5.74) is 0.851. The average molecular weight is 370 g/mol. The van der Waals surface area contributed by atoms with E-state index in [1.54, 1.807) is 36.5 Å². The molecule has 1 aromatic carbocycles. The van der Waals surface area contributed by atoms with Crippen LogP contribution in [0.2, 0.25) is 0 Å². The summed E-state index contributed by atoms with van der Waals surface area (Å²) in [5.74, 6) is 0.785. The molecule has 5 nitrogen and oxygen atoms in total. The van der Waals surface area contributed by atoms with Crippen LogP contribution in [0.1, 0.15) is 5.56 Å². The van der Waals surface area contributed by atoms with Crippen molar-refractivity contribution in [2.24, 2.45) is 0 Å². The molecule has 1 N–H and O–H groups in total. The third-order valence-corrected chi connectivity index (χ3v) is 5.27. The van der Waals surface area contributed by atoms with Crippen molar-refractivity contribution in [2.75, 3.05) is 19.0 Å². The monoisotopic (exact) mass is 369 g/mol. The molecule has 7 heteroatoms. The fourth-order valence-corrected chi connectivity index (χ4v) is 3.75. The molecule has 0 amide bonds. The van der Waals surface area contributed by atoms with Crippen molar-refractivity contribution < 1.29 is 8.42 Å². The lowest BCUT2D eigenvalue weighted by molar-refractivity contribution is 0.581. The normalized spacial score (nSPS) is 11.4. The maximum atomic E-state index is 12.3. The smallest absolute Gasteiger partial charge is 0.241 e. The Morgan fingerprint density at radius 1 is 1.24 bits per heavy atom. The number of halogens is 1. The Kier molecular flexibility index (Phi) is 4.97. The van der Waals surface area contributed by atoms with Gasteiger partial charge in [-0.05, 0) is 45.8 Å². The Labute approximate surface area is 133 Å². The minimum atomic E-state index is -3.55. The molecule has 2 rings (SSSR count). The van der Waals surface area contributed by atoms with Crippen LogP contribution >= 0.6 is 15.9 Å². The molecule has 0 atom stereocenters. The second-order valence-electron chi connectivity index (χ2n) is 4.67. The highest BCUT2D eigenvalue weighted by Crippen LogP contribution is 2.21. The lowest BCUT2D eigenvalue weighted by Crippen LogP contribution is -2.23. The van der Waals surface area contributed by atoms with E-state index in [1.807, 2.05) is 25.1 Å². The van der Waals surface area contributed by atoms with Gasteiger partial charge in [0, 0.05) is 31.3 Å². The maximum Gasteiger partial charge on any atom is 0.241 e. The standard InChI is InChI=1S/C14H16BrN3O2S/c1-18(2)14-9-11(7-8-16-14)10-17-21(19,20)13-6-4-3-5-12(13)15/h3-9,17H,10H2,1-2H3. The molecule has 0 unspecified atom stereocenters. The van der Waals surface area contributed by atoms with Crippen LogP contribution in [0.3, 0.4) is 0 Å². The van der Waals surface area contributed by atoms with Crippen LogP contribution in [0.5, 0.6) is 0 Å². The lowest BCUT2D eigenvalue weighted by atomic mass is 10.2. The number of hydrogen-bond donors (Lipinski definition) is 1. The van der Waals surface area contributed by atoms with Crippen LogP contribution in [0.25, 0.3) is 0 Å². The number of nitrogens with zero attached hydrogens (tertiary/aromatic N) is 2. The predicted molar refractivity (Wildman–Crippen MR) is 86.7 cm³/mol. The number of sulfonamides is 1. The molecule has 0 saturated heterocycles. The summed E-state index contributed by atoms with van der Waals surface area (Å²) in [6.45, 7) is 0.215. The summed E-state index contributed by atoms with van der Waals surface area (Å²) < 4.78 is 27.7. The fourth-order valence-electron chi connectivity index (χ4n) is 1.73. The molecule has 1 heterocycles. The van der Waals surface area contributed by atoms with Gasteiger partial charge in [0.1, 0.15) is 5.82 Å². The van der Waals surface area contributed by atoms with Crippen LogP contribution in [0, 0.1) is 0 Å². The molecule has 0 fully saturated rings. The van der Waals surface area contributed by atoms with Crippen LogP contribution in [0.4, 0.5) is 5.82 Å². The zero-order valence-electron chi connectivity index (χ0n) is 11.7. The summed E-state index contributed by atoms with van der Waals surface area (Å²) in [7, 11) is 0.219. The van der Waals surface area contributed by atoms with Crippen molar-refractivity contribution in [3.05, 3.63) is 52.6 Å². The van der Waals surface area contributed by atoms with Gasteiger partial charge >= 0.3 is 0 Å². The summed E-state index contributed by atoms with van der Waals surface area (Å²) >= 11 is 3.25. The van der Waals surface area contributed by atoms with E-state index in [1.165, 1.54) is 0 Å². The third kappa shape index (κ3) is 4.03. The first-order chi connectivity index (χ1) is 9.90. The second kappa shape index (κ2) is 6.55. The number of hydrogen-bond acceptors (Lipinski definition) is 4. The van der Waals surface area contributed by atoms with Gasteiger partial charge in [-0.1, -0.05) is 12.1 Å². The largest absolute Gasteiger partial charge is 0.363 e. The van der Waals surface area contributed by atoms with Crippen molar-refractivity contribution in [1.29, 1.82) is 0 Å². The molecule has 112 valence electrons. The Bertz CT molecular complexity index is 733. The molecule has 2 aromatic rings. The molecule has 1 aromatic heterocycles. The van der Waals surface area contributed by atoms with Gasteiger partial charge in [-0.3, -0.25) is 0 Å². The molecule has 0 bridgehead atoms. The van der Waals surface area contributed by atoms with Crippen LogP contribution in [0.15, 0.2) is 52.0 Å². The zero-order valence-corrected chi connectivity index (χ0v) is 14.1. The third-order valence-electron chi connectivity index (χ3n) is 2.86. The predicted octanol–water partition coefficient (Wildman–Crippen LogP) is 2.39. The summed E-state index contributed by atoms with van der Waals surface area (Å²) in [6, 6.07) is 10.4. The Morgan fingerprint density at radius 3 is 2.62 bits per heavy atom. The van der Waals surface area contributed by atoms with Crippen LogP contribution in [-0.4, -0.2) is 27.5 Å². The number of aromatic nitrogens is 1. The SMILES string of the molecule is CN(C)c1cc(CNS(=O)(=O)c2ccccc2Br)ccn1. The van der Waals surface area contributed by atoms with Gasteiger partial charge in [-0.15, -0.1) is 0 Å². The van der Waals surface area contributed by atoms with E-state index < -0.39 is 10.0 Å². The van der Waals surface area contributed by atoms with E-state index in [9.17, 15) is 8.42 Å². The molecule has 0 saturated carbocycles. The van der Waals surface area contributed by atoms with Crippen molar-refractivity contribution >= 4 is 31.8 Å². The molecular formula is C14H16BrN3O2S. The van der Waals surface area contributed by atoms with Gasteiger partial charge in [0.15, 0.2) is 0 Å². The minimum absolute atomic E-state index is 0.215. The van der Waals surface area contributed by atoms with Gasteiger partial charge in [0.25, 0.3) is 0 Å². The van der Waals surface area contributed by atoms with E-state index in [-0.39, 0.29) is 11.4 Å². The zero-order chi connectivity index (χ0) is 15.5. The first-order valence-electron chi connectivity index (χ1n) is 6.26. The minimum Gasteiger partial charge on any atom is -0.363 e. The van der Waals surface area contributed by atoms with Gasteiger partial charge in [0.05, 0.1) is 4.90 Å². The topological polar surface area (TPSA) is 62.3 Å². The molecule has 0 aliphatic rings. The van der Waals surface area contributed by atoms with E-state index in [0.717, 1.165) is 11.4 Å². The number of pyridine rings is 1. The summed E-state index contributed by atoms with van der Waals surface area (Å²) in [4.78, 5) is 6.29. The molecule has 21 heavy (non-hydrogen) atoms. The van der Waals surface area contributed by atoms with Gasteiger partial charge in [0.2, 0.25) is 10.0 Å². The van der Waals surface area contributed by atoms with Crippen molar-refractivity contribution in [1.82, 2.24) is 9.71 Å². The molecule has 0 aliphatic heterocycles. The first-order valence-corrected chi connectivity index (χ1v) is 8.54. The first kappa shape index (κ1) is 15.9. The number of benzene rings is 1. The Balaban J connectivity index is 2.16. The lowest BCUT2D eigenvalue weighted by Gasteiger charge is -2.13. The van der Waals surface area contributed by atoms with Crippen LogP contribution in [-0.2, 0) is 16.6 Å². The average Bonchev–Trinajstić information content (AvgIpc) is 2.46. The highest BCUT2D eigenvalue weighted by Gasteiger charge is 2.16. The van der Waals surface area contributed by atoms with Crippen LogP contribution < -0.4 is 9.62 Å². The van der Waals surface area contributed by atoms with Gasteiger partial charge in [-0.25, -0.2) is 18.1 Å². The highest BCUT2D eigenvalue weighted by molar-refractivity contribution is 9.10. The Morgan fingerprint density at radius 2 is 1.95 bits per heavy atom. The van der Waals surface area contributed by atoms with Crippen molar-refractivity contribution in [3.8, 4) is 0 Å². The number of nitrogens with one attached hydrogen (secondary N) is 1. The number of rotatable bonds is 5. The van der Waals surface area contributed by atoms with Gasteiger partial charge < -0.3 is 4.90 Å². The molecular weight excluding hydrogens is 354 g/mol. The summed E-state index contributed by atoms with van der Waals surface area (Å²) in [5, 5.41) is 0. The van der Waals surface area contributed by atoms with Crippen molar-refractivity contribution in [3.63, 3.8) is 0 Å².